The lowest BCUT2D eigenvalue weighted by atomic mass is 10.0. The van der Waals surface area contributed by atoms with Gasteiger partial charge in [0.05, 0.1) is 40.3 Å². The normalized spacial score (nSPS) is 13.2. The van der Waals surface area contributed by atoms with E-state index in [0.717, 1.165) is 77.0 Å². The van der Waals surface area contributed by atoms with Gasteiger partial charge in [0.2, 0.25) is 0 Å². The van der Waals surface area contributed by atoms with Crippen LogP contribution in [0.4, 0.5) is 0 Å². The van der Waals surface area contributed by atoms with Crippen molar-refractivity contribution in [3.05, 3.63) is 48.6 Å². The van der Waals surface area contributed by atoms with Crippen LogP contribution < -0.4 is 5.11 Å². The predicted octanol–water partition coefficient (Wildman–Crippen LogP) is 15.0. The summed E-state index contributed by atoms with van der Waals surface area (Å²) in [6.07, 6.45) is 60.0. The molecule has 0 radical (unpaired) electrons. The third kappa shape index (κ3) is 46.4. The summed E-state index contributed by atoms with van der Waals surface area (Å²) in [6.45, 7) is 4.65. The van der Waals surface area contributed by atoms with Gasteiger partial charge in [-0.15, -0.1) is 0 Å². The summed E-state index contributed by atoms with van der Waals surface area (Å²) in [6, 6.07) is -0.729. The molecule has 0 amide bonds. The highest BCUT2D eigenvalue weighted by atomic mass is 16.6. The van der Waals surface area contributed by atoms with Crippen LogP contribution in [-0.2, 0) is 28.6 Å². The van der Waals surface area contributed by atoms with Gasteiger partial charge in [0.15, 0.2) is 6.10 Å². The zero-order valence-corrected chi connectivity index (χ0v) is 43.9. The van der Waals surface area contributed by atoms with Crippen LogP contribution in [0, 0.1) is 0 Å². The van der Waals surface area contributed by atoms with E-state index in [2.05, 4.69) is 62.5 Å². The van der Waals surface area contributed by atoms with E-state index in [0.29, 0.717) is 12.8 Å². The van der Waals surface area contributed by atoms with Crippen molar-refractivity contribution >= 4 is 17.9 Å². The molecule has 66 heavy (non-hydrogen) atoms. The minimum absolute atomic E-state index is 0.0364. The molecule has 0 N–H and O–H groups in total. The average Bonchev–Trinajstić information content (AvgIpc) is 3.28. The standard InChI is InChI=1S/C58H105NO7/c1-6-8-10-12-14-16-18-20-22-24-26-28-30-32-34-36-38-40-42-44-46-48-56(60)65-53-54(52-64-51-50-55(58(62)63)59(3,4)5)66-57(61)49-47-45-43-41-39-37-35-33-31-29-27-25-23-21-19-17-15-13-11-9-7-2/h14,16,20,22,26,28,32,34,54-55H,6-13,15,17-19,21,23-25,27,29-31,33,35-53H2,1-5H3/b16-14+,22-20+,28-26+,34-32+. The third-order valence-corrected chi connectivity index (χ3v) is 12.5. The van der Waals surface area contributed by atoms with Crippen LogP contribution in [0.15, 0.2) is 48.6 Å². The molecule has 0 heterocycles. The first-order valence-electron chi connectivity index (χ1n) is 27.7. The van der Waals surface area contributed by atoms with E-state index >= 15 is 0 Å². The molecule has 0 spiro atoms. The minimum atomic E-state index is -1.13. The SMILES string of the molecule is CCCCC/C=C/C/C=C/C/C=C/C/C=C/CCCCCCCC(=O)OCC(COCCC(C(=O)[O-])[N+](C)(C)C)OC(=O)CCCCCCCCCCCCCCCCCCCCCCC. The second-order valence-corrected chi connectivity index (χ2v) is 19.8. The molecule has 8 heteroatoms. The Morgan fingerprint density at radius 2 is 0.803 bits per heavy atom. The van der Waals surface area contributed by atoms with E-state index in [1.54, 1.807) is 21.1 Å². The van der Waals surface area contributed by atoms with E-state index in [1.165, 1.54) is 141 Å². The highest BCUT2D eigenvalue weighted by Gasteiger charge is 2.25. The number of esters is 2. The zero-order chi connectivity index (χ0) is 48.4. The Bertz CT molecular complexity index is 1220. The van der Waals surface area contributed by atoms with E-state index in [-0.39, 0.29) is 42.7 Å². The molecule has 2 atom stereocenters. The first kappa shape index (κ1) is 63.3. The molecule has 0 aliphatic heterocycles. The van der Waals surface area contributed by atoms with Gasteiger partial charge < -0.3 is 28.6 Å². The lowest BCUT2D eigenvalue weighted by molar-refractivity contribution is -0.889. The number of likely N-dealkylation sites (N-methyl/N-ethyl adjacent to an activating group) is 1. The minimum Gasteiger partial charge on any atom is -0.544 e. The molecule has 2 unspecified atom stereocenters. The largest absolute Gasteiger partial charge is 0.544 e. The number of nitrogens with zero attached hydrogens (tertiary/aromatic N) is 1. The third-order valence-electron chi connectivity index (χ3n) is 12.5. The van der Waals surface area contributed by atoms with Gasteiger partial charge in [-0.2, -0.15) is 0 Å². The van der Waals surface area contributed by atoms with Gasteiger partial charge in [-0.25, -0.2) is 0 Å². The number of allylic oxidation sites excluding steroid dienone is 8. The van der Waals surface area contributed by atoms with Crippen LogP contribution in [0.25, 0.3) is 0 Å². The molecule has 384 valence electrons. The Balaban J connectivity index is 4.22. The fraction of sp³-hybridized carbons (Fsp3) is 0.810. The lowest BCUT2D eigenvalue weighted by Crippen LogP contribution is -2.55. The van der Waals surface area contributed by atoms with Crippen LogP contribution in [0.3, 0.4) is 0 Å². The van der Waals surface area contributed by atoms with E-state index in [9.17, 15) is 19.5 Å². The van der Waals surface area contributed by atoms with Crippen LogP contribution >= 0.6 is 0 Å². The smallest absolute Gasteiger partial charge is 0.306 e. The zero-order valence-electron chi connectivity index (χ0n) is 43.9. The van der Waals surface area contributed by atoms with Gasteiger partial charge >= 0.3 is 11.9 Å². The average molecular weight is 928 g/mol. The number of ether oxygens (including phenoxy) is 3. The summed E-state index contributed by atoms with van der Waals surface area (Å²) in [5.41, 5.74) is 0. The van der Waals surface area contributed by atoms with Crippen molar-refractivity contribution < 1.29 is 38.2 Å². The molecule has 0 aromatic heterocycles. The molecular weight excluding hydrogens is 823 g/mol. The molecule has 0 aliphatic carbocycles. The molecule has 0 saturated heterocycles. The van der Waals surface area contributed by atoms with Gasteiger partial charge in [-0.05, 0) is 57.8 Å². The summed E-state index contributed by atoms with van der Waals surface area (Å²) in [5, 5.41) is 11.7. The first-order chi connectivity index (χ1) is 32.1. The summed E-state index contributed by atoms with van der Waals surface area (Å²) >= 11 is 0. The molecule has 0 fully saturated rings. The van der Waals surface area contributed by atoms with Crippen molar-refractivity contribution in [3.8, 4) is 0 Å². The van der Waals surface area contributed by atoms with Crippen molar-refractivity contribution in [2.24, 2.45) is 0 Å². The van der Waals surface area contributed by atoms with Crippen LogP contribution in [0.2, 0.25) is 0 Å². The highest BCUT2D eigenvalue weighted by Crippen LogP contribution is 2.16. The molecular formula is C58H105NO7. The number of aliphatic carboxylic acids is 1. The molecule has 0 aliphatic rings. The van der Waals surface area contributed by atoms with E-state index < -0.39 is 18.1 Å². The fourth-order valence-electron chi connectivity index (χ4n) is 8.17. The molecule has 8 nitrogen and oxygen atoms in total. The maximum atomic E-state index is 12.8. The second-order valence-electron chi connectivity index (χ2n) is 19.8. The Hall–Kier alpha value is -2.71. The molecule has 0 aromatic carbocycles. The monoisotopic (exact) mass is 928 g/mol. The molecule has 0 rings (SSSR count). The maximum absolute atomic E-state index is 12.8. The van der Waals surface area contributed by atoms with Gasteiger partial charge in [-0.1, -0.05) is 223 Å². The predicted molar refractivity (Wildman–Crippen MR) is 277 cm³/mol. The van der Waals surface area contributed by atoms with Gasteiger partial charge in [0.1, 0.15) is 12.6 Å². The number of rotatable bonds is 50. The summed E-state index contributed by atoms with van der Waals surface area (Å²) in [5.74, 6) is -1.74. The number of quaternary nitrogens is 1. The quantitative estimate of drug-likeness (QED) is 0.0259. The number of carboxylic acid groups (broad SMARTS) is 1. The topological polar surface area (TPSA) is 102 Å². The Kier molecular flexibility index (Phi) is 46.7. The van der Waals surface area contributed by atoms with Gasteiger partial charge in [0, 0.05) is 19.3 Å². The summed E-state index contributed by atoms with van der Waals surface area (Å²) in [4.78, 5) is 37.1. The Morgan fingerprint density at radius 3 is 1.21 bits per heavy atom. The fourth-order valence-corrected chi connectivity index (χ4v) is 8.17. The lowest BCUT2D eigenvalue weighted by Gasteiger charge is -2.34. The van der Waals surface area contributed by atoms with Gasteiger partial charge in [-0.3, -0.25) is 9.59 Å². The Labute approximate surface area is 407 Å². The van der Waals surface area contributed by atoms with Crippen molar-refractivity contribution in [2.45, 2.75) is 264 Å². The van der Waals surface area contributed by atoms with Crippen molar-refractivity contribution in [1.29, 1.82) is 0 Å². The van der Waals surface area contributed by atoms with Crippen molar-refractivity contribution in [2.75, 3.05) is 41.0 Å². The summed E-state index contributed by atoms with van der Waals surface area (Å²) < 4.78 is 17.3. The molecule has 0 bridgehead atoms. The number of unbranched alkanes of at least 4 members (excludes halogenated alkanes) is 28. The van der Waals surface area contributed by atoms with Crippen molar-refractivity contribution in [1.82, 2.24) is 0 Å². The first-order valence-corrected chi connectivity index (χ1v) is 27.7. The number of hydrogen-bond acceptors (Lipinski definition) is 7. The summed E-state index contributed by atoms with van der Waals surface area (Å²) in [7, 11) is 5.42. The van der Waals surface area contributed by atoms with Crippen LogP contribution in [0.5, 0.6) is 0 Å². The number of carboxylic acids is 1. The maximum Gasteiger partial charge on any atom is 0.306 e. The molecule has 0 saturated carbocycles. The van der Waals surface area contributed by atoms with E-state index in [4.69, 9.17) is 14.2 Å². The van der Waals surface area contributed by atoms with Gasteiger partial charge in [0.25, 0.3) is 0 Å². The van der Waals surface area contributed by atoms with Crippen LogP contribution in [0.1, 0.15) is 251 Å². The highest BCUT2D eigenvalue weighted by molar-refractivity contribution is 5.70. The van der Waals surface area contributed by atoms with E-state index in [1.807, 2.05) is 0 Å². The Morgan fingerprint density at radius 1 is 0.455 bits per heavy atom. The van der Waals surface area contributed by atoms with Crippen LogP contribution in [-0.4, -0.2) is 75.5 Å². The number of hydrogen-bond donors (Lipinski definition) is 0. The number of carbonyl (C=O) groups is 3. The number of carbonyl (C=O) groups excluding carboxylic acids is 3. The second kappa shape index (κ2) is 48.7. The van der Waals surface area contributed by atoms with Crippen molar-refractivity contribution in [3.63, 3.8) is 0 Å². The molecule has 0 aromatic rings.